The normalized spacial score (nSPS) is 12.0. The minimum atomic E-state index is 0.796. The van der Waals surface area contributed by atoms with Gasteiger partial charge in [0.25, 0.3) is 0 Å². The SMILES string of the molecule is c1cc(-c2nc3ccccc3nc2-c2cccc3c2oc2ccccc23)cc(-n2c3ccc4ccccc4c3c3c4ccccc4ccc32)c1. The topological polar surface area (TPSA) is 43.9 Å². The standard InChI is InChI=1S/C46H27N3O/c1-3-15-32-28(11-1)23-25-39-42(32)43-33-16-4-2-12-29(33)24-26-40(43)49(39)31-14-9-13-30(27-31)44-45(48-38-21-7-6-20-37(38)47-44)36-19-10-18-35-34-17-5-8-22-41(34)50-46(35)36/h1-27H. The lowest BCUT2D eigenvalue weighted by Gasteiger charge is -2.14. The third-order valence-corrected chi connectivity index (χ3v) is 10.2. The first-order chi connectivity index (χ1) is 24.8. The third-order valence-electron chi connectivity index (χ3n) is 10.2. The second-order valence-corrected chi connectivity index (χ2v) is 12.9. The average molecular weight is 638 g/mol. The van der Waals surface area contributed by atoms with Crippen LogP contribution in [0.1, 0.15) is 0 Å². The fourth-order valence-corrected chi connectivity index (χ4v) is 7.94. The van der Waals surface area contributed by atoms with E-state index in [-0.39, 0.29) is 0 Å². The van der Waals surface area contributed by atoms with Crippen LogP contribution in [-0.4, -0.2) is 14.5 Å². The molecule has 0 bridgehead atoms. The first kappa shape index (κ1) is 27.2. The Morgan fingerprint density at radius 2 is 1.02 bits per heavy atom. The number of hydrogen-bond donors (Lipinski definition) is 0. The predicted molar refractivity (Wildman–Crippen MR) is 207 cm³/mol. The van der Waals surface area contributed by atoms with Crippen molar-refractivity contribution in [3.05, 3.63) is 164 Å². The largest absolute Gasteiger partial charge is 0.455 e. The molecule has 0 aliphatic heterocycles. The van der Waals surface area contributed by atoms with Crippen LogP contribution in [0, 0.1) is 0 Å². The molecule has 3 aromatic heterocycles. The number of para-hydroxylation sites is 4. The van der Waals surface area contributed by atoms with Crippen LogP contribution in [0.4, 0.5) is 0 Å². The van der Waals surface area contributed by atoms with E-state index in [0.29, 0.717) is 0 Å². The van der Waals surface area contributed by atoms with Crippen molar-refractivity contribution in [3.8, 4) is 28.2 Å². The molecule has 11 rings (SSSR count). The number of furan rings is 1. The van der Waals surface area contributed by atoms with E-state index in [1.807, 2.05) is 36.4 Å². The molecule has 0 saturated heterocycles. The fraction of sp³-hybridized carbons (Fsp3) is 0. The number of rotatable bonds is 3. The van der Waals surface area contributed by atoms with Crippen LogP contribution >= 0.6 is 0 Å². The minimum absolute atomic E-state index is 0.796. The Morgan fingerprint density at radius 3 is 1.74 bits per heavy atom. The Morgan fingerprint density at radius 1 is 0.440 bits per heavy atom. The third kappa shape index (κ3) is 3.87. The molecule has 0 fully saturated rings. The fourth-order valence-electron chi connectivity index (χ4n) is 7.94. The molecular formula is C46H27N3O. The summed E-state index contributed by atoms with van der Waals surface area (Å²) in [6, 6.07) is 57.7. The van der Waals surface area contributed by atoms with Gasteiger partial charge in [0.15, 0.2) is 0 Å². The van der Waals surface area contributed by atoms with Crippen LogP contribution < -0.4 is 0 Å². The second kappa shape index (κ2) is 10.4. The first-order valence-electron chi connectivity index (χ1n) is 16.9. The van der Waals surface area contributed by atoms with Gasteiger partial charge in [-0.3, -0.25) is 0 Å². The van der Waals surface area contributed by atoms with Gasteiger partial charge in [0.05, 0.1) is 27.8 Å². The van der Waals surface area contributed by atoms with E-state index >= 15 is 0 Å². The Balaban J connectivity index is 1.21. The van der Waals surface area contributed by atoms with Gasteiger partial charge in [0.1, 0.15) is 16.9 Å². The van der Waals surface area contributed by atoms with Crippen molar-refractivity contribution in [3.63, 3.8) is 0 Å². The van der Waals surface area contributed by atoms with Crippen molar-refractivity contribution in [2.24, 2.45) is 0 Å². The molecule has 0 radical (unpaired) electrons. The van der Waals surface area contributed by atoms with E-state index in [1.54, 1.807) is 0 Å². The molecule has 0 atom stereocenters. The van der Waals surface area contributed by atoms with Crippen LogP contribution in [0.2, 0.25) is 0 Å². The summed E-state index contributed by atoms with van der Waals surface area (Å²) in [6.07, 6.45) is 0. The number of aromatic nitrogens is 3. The molecule has 0 aliphatic rings. The second-order valence-electron chi connectivity index (χ2n) is 12.9. The lowest BCUT2D eigenvalue weighted by Crippen LogP contribution is -1.98. The lowest BCUT2D eigenvalue weighted by atomic mass is 10.00. The number of benzene rings is 8. The van der Waals surface area contributed by atoms with Crippen LogP contribution in [0.25, 0.3) is 105 Å². The molecule has 0 unspecified atom stereocenters. The van der Waals surface area contributed by atoms with E-state index < -0.39 is 0 Å². The molecule has 4 nitrogen and oxygen atoms in total. The van der Waals surface area contributed by atoms with Gasteiger partial charge in [-0.15, -0.1) is 0 Å². The zero-order valence-corrected chi connectivity index (χ0v) is 26.8. The maximum absolute atomic E-state index is 6.52. The number of fused-ring (bicyclic) bond motifs is 11. The molecule has 0 spiro atoms. The van der Waals surface area contributed by atoms with Gasteiger partial charge in [-0.25, -0.2) is 9.97 Å². The predicted octanol–water partition coefficient (Wildman–Crippen LogP) is 12.3. The molecule has 232 valence electrons. The molecule has 0 amide bonds. The summed E-state index contributed by atoms with van der Waals surface area (Å²) < 4.78 is 8.92. The van der Waals surface area contributed by atoms with E-state index in [0.717, 1.165) is 61.2 Å². The molecular weight excluding hydrogens is 611 g/mol. The molecule has 3 heterocycles. The highest BCUT2D eigenvalue weighted by molar-refractivity contribution is 6.28. The zero-order chi connectivity index (χ0) is 32.8. The molecule has 50 heavy (non-hydrogen) atoms. The van der Waals surface area contributed by atoms with Crippen LogP contribution in [0.5, 0.6) is 0 Å². The van der Waals surface area contributed by atoms with Crippen molar-refractivity contribution in [1.29, 1.82) is 0 Å². The van der Waals surface area contributed by atoms with E-state index in [1.165, 1.54) is 43.4 Å². The Hall–Kier alpha value is -6.78. The van der Waals surface area contributed by atoms with Crippen molar-refractivity contribution >= 4 is 76.3 Å². The summed E-state index contributed by atoms with van der Waals surface area (Å²) >= 11 is 0. The molecule has 8 aromatic carbocycles. The van der Waals surface area contributed by atoms with Gasteiger partial charge in [-0.05, 0) is 70.1 Å². The van der Waals surface area contributed by atoms with Crippen LogP contribution in [-0.2, 0) is 0 Å². The Labute approximate surface area is 286 Å². The smallest absolute Gasteiger partial charge is 0.144 e. The van der Waals surface area contributed by atoms with Gasteiger partial charge in [0, 0.05) is 38.4 Å². The molecule has 4 heteroatoms. The highest BCUT2D eigenvalue weighted by Crippen LogP contribution is 2.42. The van der Waals surface area contributed by atoms with E-state index in [2.05, 4.69) is 132 Å². The van der Waals surface area contributed by atoms with Gasteiger partial charge in [0.2, 0.25) is 0 Å². The maximum Gasteiger partial charge on any atom is 0.144 e. The maximum atomic E-state index is 6.52. The monoisotopic (exact) mass is 637 g/mol. The summed E-state index contributed by atoms with van der Waals surface area (Å²) in [5.74, 6) is 0. The highest BCUT2D eigenvalue weighted by Gasteiger charge is 2.21. The summed E-state index contributed by atoms with van der Waals surface area (Å²) in [4.78, 5) is 10.6. The first-order valence-corrected chi connectivity index (χ1v) is 16.9. The summed E-state index contributed by atoms with van der Waals surface area (Å²) in [6.45, 7) is 0. The number of nitrogens with zero attached hydrogens (tertiary/aromatic N) is 3. The van der Waals surface area contributed by atoms with Crippen LogP contribution in [0.3, 0.4) is 0 Å². The van der Waals surface area contributed by atoms with E-state index in [9.17, 15) is 0 Å². The van der Waals surface area contributed by atoms with Gasteiger partial charge >= 0.3 is 0 Å². The average Bonchev–Trinajstić information content (AvgIpc) is 3.74. The summed E-state index contributed by atoms with van der Waals surface area (Å²) in [5, 5.41) is 9.66. The molecule has 0 saturated carbocycles. The minimum Gasteiger partial charge on any atom is -0.455 e. The van der Waals surface area contributed by atoms with Gasteiger partial charge in [-0.1, -0.05) is 115 Å². The molecule has 11 aromatic rings. The van der Waals surface area contributed by atoms with Crippen molar-refractivity contribution in [1.82, 2.24) is 14.5 Å². The van der Waals surface area contributed by atoms with Crippen molar-refractivity contribution in [2.75, 3.05) is 0 Å². The summed E-state index contributed by atoms with van der Waals surface area (Å²) in [7, 11) is 0. The van der Waals surface area contributed by atoms with Gasteiger partial charge in [-0.2, -0.15) is 0 Å². The Kier molecular flexibility index (Phi) is 5.63. The molecule has 0 N–H and O–H groups in total. The zero-order valence-electron chi connectivity index (χ0n) is 26.8. The number of hydrogen-bond acceptors (Lipinski definition) is 3. The van der Waals surface area contributed by atoms with Crippen molar-refractivity contribution < 1.29 is 4.42 Å². The van der Waals surface area contributed by atoms with Crippen molar-refractivity contribution in [2.45, 2.75) is 0 Å². The lowest BCUT2D eigenvalue weighted by molar-refractivity contribution is 0.670. The summed E-state index contributed by atoms with van der Waals surface area (Å²) in [5.41, 5.74) is 10.3. The quantitative estimate of drug-likeness (QED) is 0.194. The van der Waals surface area contributed by atoms with Gasteiger partial charge < -0.3 is 8.98 Å². The highest BCUT2D eigenvalue weighted by atomic mass is 16.3. The Bertz CT molecular complexity index is 3070. The van der Waals surface area contributed by atoms with Crippen LogP contribution in [0.15, 0.2) is 168 Å². The van der Waals surface area contributed by atoms with E-state index in [4.69, 9.17) is 14.4 Å². The molecule has 0 aliphatic carbocycles.